The van der Waals surface area contributed by atoms with Crippen molar-refractivity contribution in [3.8, 4) is 0 Å². The predicted octanol–water partition coefficient (Wildman–Crippen LogP) is 6.19. The highest BCUT2D eigenvalue weighted by atomic mass is 28.4. The van der Waals surface area contributed by atoms with Crippen LogP contribution in [0.5, 0.6) is 0 Å². The molecule has 13 nitrogen and oxygen atoms in total. The molecule has 3 fully saturated rings. The van der Waals surface area contributed by atoms with Gasteiger partial charge in [-0.25, -0.2) is 0 Å². The third-order valence-electron chi connectivity index (χ3n) is 13.9. The molecule has 4 aromatic rings. The van der Waals surface area contributed by atoms with Crippen LogP contribution in [-0.2, 0) is 44.2 Å². The number of non-ortho nitro benzene ring substituents is 1. The molecule has 0 aromatic heterocycles. The molecule has 0 bridgehead atoms. The van der Waals surface area contributed by atoms with Gasteiger partial charge in [0.15, 0.2) is 5.60 Å². The second-order valence-corrected chi connectivity index (χ2v) is 21.5. The van der Waals surface area contributed by atoms with Crippen LogP contribution in [0.1, 0.15) is 48.4 Å². The van der Waals surface area contributed by atoms with Gasteiger partial charge in [0.25, 0.3) is 17.5 Å². The lowest BCUT2D eigenvalue weighted by Crippen LogP contribution is -2.55. The molecule has 2 spiro atoms. The minimum atomic E-state index is -3.68. The number of benzene rings is 4. The third kappa shape index (κ3) is 6.73. The summed E-state index contributed by atoms with van der Waals surface area (Å²) in [7, 11) is -3.68. The van der Waals surface area contributed by atoms with Gasteiger partial charge in [0.2, 0.25) is 14.3 Å². The number of hydrogen-bond donors (Lipinski definition) is 2. The maximum absolute atomic E-state index is 16.7. The van der Waals surface area contributed by atoms with Crippen molar-refractivity contribution < 1.29 is 33.3 Å². The van der Waals surface area contributed by atoms with Crippen molar-refractivity contribution in [3.05, 3.63) is 129 Å². The van der Waals surface area contributed by atoms with Crippen LogP contribution in [0.3, 0.4) is 0 Å². The van der Waals surface area contributed by atoms with Gasteiger partial charge < -0.3 is 34.0 Å². The number of nitro groups is 1. The quantitative estimate of drug-likeness (QED) is 0.0872. The number of aliphatic hydroxyl groups is 1. The first kappa shape index (κ1) is 40.9. The zero-order chi connectivity index (χ0) is 42.8. The van der Waals surface area contributed by atoms with Crippen molar-refractivity contribution >= 4 is 48.9 Å². The number of nitrogens with zero attached hydrogens (tertiary/aromatic N) is 5. The number of ether oxygens (including phenoxy) is 1. The number of fused-ring (bicyclic) bond motifs is 3. The van der Waals surface area contributed by atoms with Gasteiger partial charge in [-0.1, -0.05) is 61.5 Å². The molecule has 4 aromatic carbocycles. The van der Waals surface area contributed by atoms with Gasteiger partial charge in [0.1, 0.15) is 5.54 Å². The van der Waals surface area contributed by atoms with Gasteiger partial charge in [-0.15, -0.1) is 0 Å². The summed E-state index contributed by atoms with van der Waals surface area (Å²) >= 11 is 0. The van der Waals surface area contributed by atoms with E-state index in [1.165, 1.54) is 12.1 Å². The van der Waals surface area contributed by atoms with Crippen molar-refractivity contribution in [1.82, 2.24) is 10.2 Å². The normalized spacial score (nSPS) is 25.7. The summed E-state index contributed by atoms with van der Waals surface area (Å²) in [6.45, 7) is 6.84. The van der Waals surface area contributed by atoms with Gasteiger partial charge >= 0.3 is 0 Å². The van der Waals surface area contributed by atoms with Gasteiger partial charge in [-0.3, -0.25) is 29.4 Å². The molecule has 318 valence electrons. The fourth-order valence-electron chi connectivity index (χ4n) is 11.0. The Labute approximate surface area is 355 Å². The maximum Gasteiger partial charge on any atom is 0.269 e. The standard InChI is InChI=1S/C46H51FN6O7Si/c1-30-42(61(2,3)47)40(25-41(55)49-27-33-10-8-7-9-32(33)23-37(49)28-54)60-46(30)38-24-36(53(58)59)17-18-39(38)50(44(46)57)26-31-13-15-34(16-14-31)51-29-52(35-11-5-4-6-12-35)45(43(51)56)19-21-48-22-20-45/h4-18,24,30,37,40,42,48,54H,19-23,25-29H2,1-3H3/t30-,37-,40+,42-,46+/m0/s1. The summed E-state index contributed by atoms with van der Waals surface area (Å²) in [5.74, 6) is -1.52. The zero-order valence-corrected chi connectivity index (χ0v) is 35.6. The molecule has 3 saturated heterocycles. The molecule has 61 heavy (non-hydrogen) atoms. The lowest BCUT2D eigenvalue weighted by molar-refractivity contribution is -0.385. The Hall–Kier alpha value is -5.48. The molecule has 0 saturated carbocycles. The summed E-state index contributed by atoms with van der Waals surface area (Å²) in [6, 6.07) is 29.0. The molecule has 9 rings (SSSR count). The van der Waals surface area contributed by atoms with E-state index in [0.717, 1.165) is 41.2 Å². The van der Waals surface area contributed by atoms with E-state index in [2.05, 4.69) is 10.2 Å². The molecule has 5 heterocycles. The highest BCUT2D eigenvalue weighted by Crippen LogP contribution is 2.61. The summed E-state index contributed by atoms with van der Waals surface area (Å²) in [5, 5.41) is 25.9. The fourth-order valence-corrected chi connectivity index (χ4v) is 13.5. The third-order valence-corrected chi connectivity index (χ3v) is 16.4. The molecular formula is C46H51FN6O7Si. The Morgan fingerprint density at radius 1 is 0.951 bits per heavy atom. The topological polar surface area (TPSA) is 149 Å². The van der Waals surface area contributed by atoms with Crippen molar-refractivity contribution in [3.63, 3.8) is 0 Å². The van der Waals surface area contributed by atoms with E-state index in [9.17, 15) is 24.8 Å². The molecule has 0 radical (unpaired) electrons. The lowest BCUT2D eigenvalue weighted by Gasteiger charge is -2.39. The molecular weight excluding hydrogens is 796 g/mol. The van der Waals surface area contributed by atoms with E-state index in [1.807, 2.05) is 83.8 Å². The number of nitro benzene ring substituents is 1. The average Bonchev–Trinajstić information content (AvgIpc) is 3.80. The summed E-state index contributed by atoms with van der Waals surface area (Å²) in [5.41, 5.74) is 1.69. The zero-order valence-electron chi connectivity index (χ0n) is 34.6. The summed E-state index contributed by atoms with van der Waals surface area (Å²) < 4.78 is 23.5. The smallest absolute Gasteiger partial charge is 0.269 e. The van der Waals surface area contributed by atoms with Crippen LogP contribution in [0.25, 0.3) is 0 Å². The Kier molecular flexibility index (Phi) is 10.4. The number of amides is 3. The van der Waals surface area contributed by atoms with E-state index in [-0.39, 0.29) is 49.2 Å². The van der Waals surface area contributed by atoms with E-state index in [1.54, 1.807) is 35.9 Å². The van der Waals surface area contributed by atoms with Gasteiger partial charge in [-0.2, -0.15) is 0 Å². The highest BCUT2D eigenvalue weighted by molar-refractivity contribution is 6.72. The van der Waals surface area contributed by atoms with Gasteiger partial charge in [0.05, 0.1) is 49.0 Å². The van der Waals surface area contributed by atoms with Crippen molar-refractivity contribution in [2.45, 2.75) is 87.6 Å². The van der Waals surface area contributed by atoms with Crippen LogP contribution in [-0.4, -0.2) is 85.1 Å². The van der Waals surface area contributed by atoms with E-state index in [4.69, 9.17) is 4.74 Å². The van der Waals surface area contributed by atoms with Crippen molar-refractivity contribution in [1.29, 1.82) is 0 Å². The Bertz CT molecular complexity index is 2370. The predicted molar refractivity (Wildman–Crippen MR) is 231 cm³/mol. The first-order chi connectivity index (χ1) is 29.3. The molecule has 3 amide bonds. The highest BCUT2D eigenvalue weighted by Gasteiger charge is 2.67. The molecule has 0 aliphatic carbocycles. The number of carbonyl (C=O) groups is 3. The first-order valence-electron chi connectivity index (χ1n) is 21.2. The molecule has 15 heteroatoms. The molecule has 5 aliphatic rings. The Morgan fingerprint density at radius 2 is 1.64 bits per heavy atom. The fraction of sp³-hybridized carbons (Fsp3) is 0.413. The second-order valence-electron chi connectivity index (χ2n) is 17.7. The monoisotopic (exact) mass is 846 g/mol. The van der Waals surface area contributed by atoms with E-state index in [0.29, 0.717) is 31.6 Å². The largest absolute Gasteiger partial charge is 0.394 e. The Balaban J connectivity index is 1.01. The molecule has 5 atom stereocenters. The second kappa shape index (κ2) is 15.5. The summed E-state index contributed by atoms with van der Waals surface area (Å²) in [4.78, 5) is 62.5. The number of anilines is 3. The van der Waals surface area contributed by atoms with E-state index < -0.39 is 54.0 Å². The minimum absolute atomic E-state index is 0.0454. The SMILES string of the molecule is C[C@H]1[C@H]([Si](C)(C)F)[C@@H](CC(=O)N2Cc3ccccc3C[C@H]2CO)O[C@]12C(=O)N(Cc1ccc(N3CN(c4ccccc4)C4(CCNCC4)C3=O)cc1)c1ccc([N+](=O)[O-])cc12. The van der Waals surface area contributed by atoms with Crippen LogP contribution in [0.4, 0.5) is 26.9 Å². The average molecular weight is 847 g/mol. The van der Waals surface area contributed by atoms with Crippen LogP contribution in [0, 0.1) is 16.0 Å². The Morgan fingerprint density at radius 3 is 2.31 bits per heavy atom. The number of aliphatic hydroxyl groups excluding tert-OH is 1. The van der Waals surface area contributed by atoms with Crippen molar-refractivity contribution in [2.75, 3.05) is 41.1 Å². The molecule has 0 unspecified atom stereocenters. The number of halogens is 1. The van der Waals surface area contributed by atoms with Crippen LogP contribution in [0.2, 0.25) is 18.6 Å². The van der Waals surface area contributed by atoms with E-state index >= 15 is 8.90 Å². The number of para-hydroxylation sites is 1. The number of carbonyl (C=O) groups excluding carboxylic acids is 3. The number of piperidine rings is 1. The number of rotatable bonds is 9. The van der Waals surface area contributed by atoms with Crippen LogP contribution < -0.4 is 20.0 Å². The van der Waals surface area contributed by atoms with Gasteiger partial charge in [-0.05, 0) is 92.5 Å². The van der Waals surface area contributed by atoms with Crippen LogP contribution in [0.15, 0.2) is 97.1 Å². The molecule has 5 aliphatic heterocycles. The number of nitrogens with one attached hydrogen (secondary N) is 1. The van der Waals surface area contributed by atoms with Crippen LogP contribution >= 0.6 is 0 Å². The number of hydrogen-bond acceptors (Lipinski definition) is 9. The minimum Gasteiger partial charge on any atom is -0.394 e. The lowest BCUT2D eigenvalue weighted by atomic mass is 9.82. The maximum atomic E-state index is 16.7. The molecule has 2 N–H and O–H groups in total. The van der Waals surface area contributed by atoms with Gasteiger partial charge in [0, 0.05) is 47.1 Å². The summed E-state index contributed by atoms with van der Waals surface area (Å²) in [6.07, 6.45) is 0.614. The first-order valence-corrected chi connectivity index (χ1v) is 24.1. The van der Waals surface area contributed by atoms with Crippen molar-refractivity contribution in [2.24, 2.45) is 5.92 Å².